The molecule has 154 valence electrons. The molecule has 0 bridgehead atoms. The molecule has 0 aliphatic rings. The summed E-state index contributed by atoms with van der Waals surface area (Å²) in [4.78, 5) is 12.1. The smallest absolute Gasteiger partial charge is 0.353 e. The lowest BCUT2D eigenvalue weighted by Crippen LogP contribution is -2.51. The Bertz CT molecular complexity index is 834. The summed E-state index contributed by atoms with van der Waals surface area (Å²) in [5.41, 5.74) is 0.440. The van der Waals surface area contributed by atoms with Crippen LogP contribution in [0.1, 0.15) is 12.0 Å². The minimum Gasteiger partial charge on any atom is -0.353 e. The molecule has 0 saturated heterocycles. The molecule has 12 heteroatoms. The van der Waals surface area contributed by atoms with Gasteiger partial charge in [-0.25, -0.2) is 8.42 Å². The first-order chi connectivity index (χ1) is 12.9. The molecule has 1 unspecified atom stereocenters. The number of hydrogen-bond acceptors (Lipinski definition) is 5. The van der Waals surface area contributed by atoms with Crippen LogP contribution in [-0.4, -0.2) is 50.2 Å². The molecule has 0 aromatic heterocycles. The first-order valence-electron chi connectivity index (χ1n) is 7.95. The molecule has 1 aromatic carbocycles. The molecule has 3 N–H and O–H groups in total. The molecule has 0 aliphatic heterocycles. The van der Waals surface area contributed by atoms with Gasteiger partial charge in [0.2, 0.25) is 5.91 Å². The van der Waals surface area contributed by atoms with Crippen LogP contribution in [0.15, 0.2) is 24.3 Å². The van der Waals surface area contributed by atoms with Gasteiger partial charge in [0.25, 0.3) is 0 Å². The molecule has 0 radical (unpaired) electrons. The number of nitrogens with one attached hydrogen (secondary N) is 3. The second kappa shape index (κ2) is 10.2. The number of sulfone groups is 1. The molecular weight excluding hydrogens is 417 g/mol. The number of nitriles is 1. The van der Waals surface area contributed by atoms with Crippen molar-refractivity contribution in [2.45, 2.75) is 25.1 Å². The van der Waals surface area contributed by atoms with Crippen LogP contribution < -0.4 is 16.0 Å². The van der Waals surface area contributed by atoms with Crippen molar-refractivity contribution in [3.8, 4) is 6.07 Å². The van der Waals surface area contributed by atoms with E-state index in [9.17, 15) is 26.4 Å². The Hall–Kier alpha value is -2.39. The number of benzene rings is 1. The van der Waals surface area contributed by atoms with Gasteiger partial charge in [0.15, 0.2) is 5.11 Å². The topological polar surface area (TPSA) is 111 Å². The summed E-state index contributed by atoms with van der Waals surface area (Å²) in [6.45, 7) is 0.0537. The number of hydrogen-bond donors (Lipinski definition) is 3. The summed E-state index contributed by atoms with van der Waals surface area (Å²) in [7, 11) is -3.52. The number of amides is 1. The van der Waals surface area contributed by atoms with Crippen molar-refractivity contribution in [2.24, 2.45) is 0 Å². The normalized spacial score (nSPS) is 12.5. The van der Waals surface area contributed by atoms with Crippen LogP contribution in [0.25, 0.3) is 0 Å². The van der Waals surface area contributed by atoms with Crippen LogP contribution in [0.2, 0.25) is 0 Å². The number of halogens is 3. The Balaban J connectivity index is 2.74. The van der Waals surface area contributed by atoms with Crippen molar-refractivity contribution in [3.05, 3.63) is 29.8 Å². The summed E-state index contributed by atoms with van der Waals surface area (Å²) in [6.07, 6.45) is -4.36. The van der Waals surface area contributed by atoms with Crippen LogP contribution in [-0.2, 0) is 21.1 Å². The average Bonchev–Trinajstić information content (AvgIpc) is 2.53. The zero-order valence-corrected chi connectivity index (χ0v) is 16.5. The van der Waals surface area contributed by atoms with Gasteiger partial charge in [0, 0.05) is 18.5 Å². The maximum absolute atomic E-state index is 12.4. The minimum absolute atomic E-state index is 0.0537. The highest BCUT2D eigenvalue weighted by molar-refractivity contribution is 7.90. The third-order valence-electron chi connectivity index (χ3n) is 3.24. The Kier molecular flexibility index (Phi) is 8.64. The van der Waals surface area contributed by atoms with E-state index in [1.54, 1.807) is 0 Å². The Labute approximate surface area is 166 Å². The number of thiocarbonyl (C=S) groups is 1. The molecule has 0 aliphatic carbocycles. The molecule has 0 spiro atoms. The molecule has 0 fully saturated rings. The van der Waals surface area contributed by atoms with E-state index in [-0.39, 0.29) is 23.6 Å². The van der Waals surface area contributed by atoms with Gasteiger partial charge in [-0.05, 0) is 29.9 Å². The van der Waals surface area contributed by atoms with Crippen molar-refractivity contribution in [2.75, 3.05) is 23.9 Å². The van der Waals surface area contributed by atoms with E-state index in [4.69, 9.17) is 17.5 Å². The predicted molar refractivity (Wildman–Crippen MR) is 102 cm³/mol. The second-order valence-corrected chi connectivity index (χ2v) is 8.52. The number of alkyl halides is 3. The van der Waals surface area contributed by atoms with Crippen molar-refractivity contribution < 1.29 is 26.4 Å². The largest absolute Gasteiger partial charge is 0.393 e. The SMILES string of the molecule is CS(=O)(=O)CC(NC(=S)Nc1ccc(CC(F)(F)F)cc1)C(=O)NCCC#N. The van der Waals surface area contributed by atoms with E-state index in [2.05, 4.69) is 16.0 Å². The minimum atomic E-state index is -4.32. The van der Waals surface area contributed by atoms with Crippen molar-refractivity contribution in [1.82, 2.24) is 10.6 Å². The summed E-state index contributed by atoms with van der Waals surface area (Å²) < 4.78 is 60.2. The lowest BCUT2D eigenvalue weighted by Gasteiger charge is -2.19. The quantitative estimate of drug-likeness (QED) is 0.419. The standard InChI is InChI=1S/C16H19F3N4O3S2/c1-28(25,26)10-13(14(24)21-8-2-7-20)23-15(27)22-12-5-3-11(4-6-12)9-16(17,18)19/h3-6,13H,2,8-10H2,1H3,(H,21,24)(H2,22,23,27). The van der Waals surface area contributed by atoms with Gasteiger partial charge < -0.3 is 16.0 Å². The summed E-state index contributed by atoms with van der Waals surface area (Å²) in [6, 6.07) is 5.97. The zero-order valence-electron chi connectivity index (χ0n) is 14.8. The van der Waals surface area contributed by atoms with Gasteiger partial charge >= 0.3 is 6.18 Å². The number of nitrogens with zero attached hydrogens (tertiary/aromatic N) is 1. The molecule has 0 heterocycles. The van der Waals surface area contributed by atoms with Gasteiger partial charge in [-0.3, -0.25) is 4.79 Å². The lowest BCUT2D eigenvalue weighted by atomic mass is 10.1. The molecule has 28 heavy (non-hydrogen) atoms. The molecule has 1 rings (SSSR count). The first-order valence-corrected chi connectivity index (χ1v) is 10.4. The zero-order chi connectivity index (χ0) is 21.4. The first kappa shape index (κ1) is 23.6. The fourth-order valence-electron chi connectivity index (χ4n) is 2.11. The maximum Gasteiger partial charge on any atom is 0.393 e. The molecule has 0 saturated carbocycles. The summed E-state index contributed by atoms with van der Waals surface area (Å²) in [5.74, 6) is -1.18. The van der Waals surface area contributed by atoms with Crippen LogP contribution in [0.3, 0.4) is 0 Å². The maximum atomic E-state index is 12.4. The molecular formula is C16H19F3N4O3S2. The van der Waals surface area contributed by atoms with Gasteiger partial charge in [-0.2, -0.15) is 18.4 Å². The van der Waals surface area contributed by atoms with Crippen molar-refractivity contribution in [3.63, 3.8) is 0 Å². The van der Waals surface area contributed by atoms with Crippen molar-refractivity contribution in [1.29, 1.82) is 5.26 Å². The molecule has 7 nitrogen and oxygen atoms in total. The van der Waals surface area contributed by atoms with Gasteiger partial charge in [0.05, 0.1) is 24.7 Å². The highest BCUT2D eigenvalue weighted by Crippen LogP contribution is 2.22. The highest BCUT2D eigenvalue weighted by Gasteiger charge is 2.27. The van der Waals surface area contributed by atoms with E-state index in [0.29, 0.717) is 5.69 Å². The predicted octanol–water partition coefficient (Wildman–Crippen LogP) is 1.52. The van der Waals surface area contributed by atoms with E-state index in [1.807, 2.05) is 6.07 Å². The third kappa shape index (κ3) is 10.1. The summed E-state index contributed by atoms with van der Waals surface area (Å²) >= 11 is 5.05. The van der Waals surface area contributed by atoms with Gasteiger partial charge in [-0.1, -0.05) is 12.1 Å². The van der Waals surface area contributed by atoms with Crippen LogP contribution >= 0.6 is 12.2 Å². The highest BCUT2D eigenvalue weighted by atomic mass is 32.2. The second-order valence-electron chi connectivity index (χ2n) is 5.93. The van der Waals surface area contributed by atoms with E-state index < -0.39 is 40.1 Å². The fourth-order valence-corrected chi connectivity index (χ4v) is 3.21. The van der Waals surface area contributed by atoms with E-state index >= 15 is 0 Å². The molecule has 1 atom stereocenters. The number of rotatable bonds is 8. The summed E-state index contributed by atoms with van der Waals surface area (Å²) in [5, 5.41) is 16.1. The number of carbonyl (C=O) groups excluding carboxylic acids is 1. The van der Waals surface area contributed by atoms with Crippen molar-refractivity contribution >= 4 is 38.8 Å². The van der Waals surface area contributed by atoms with Gasteiger partial charge in [0.1, 0.15) is 15.9 Å². The van der Waals surface area contributed by atoms with E-state index in [0.717, 1.165) is 6.26 Å². The Morgan fingerprint density at radius 2 is 1.89 bits per heavy atom. The Morgan fingerprint density at radius 3 is 2.39 bits per heavy atom. The van der Waals surface area contributed by atoms with Crippen LogP contribution in [0, 0.1) is 11.3 Å². The lowest BCUT2D eigenvalue weighted by molar-refractivity contribution is -0.127. The average molecular weight is 436 g/mol. The van der Waals surface area contributed by atoms with Crippen LogP contribution in [0.4, 0.5) is 18.9 Å². The van der Waals surface area contributed by atoms with Crippen LogP contribution in [0.5, 0.6) is 0 Å². The molecule has 1 amide bonds. The Morgan fingerprint density at radius 1 is 1.29 bits per heavy atom. The monoisotopic (exact) mass is 436 g/mol. The molecule has 1 aromatic rings. The third-order valence-corrected chi connectivity index (χ3v) is 4.40. The number of carbonyl (C=O) groups is 1. The number of anilines is 1. The fraction of sp³-hybridized carbons (Fsp3) is 0.438. The van der Waals surface area contributed by atoms with E-state index in [1.165, 1.54) is 24.3 Å². The van der Waals surface area contributed by atoms with Gasteiger partial charge in [-0.15, -0.1) is 0 Å².